The Morgan fingerprint density at radius 3 is 1.65 bits per heavy atom. The Balaban J connectivity index is 1.92. The summed E-state index contributed by atoms with van der Waals surface area (Å²) in [5.74, 6) is -0.937. The fourth-order valence-electron chi connectivity index (χ4n) is 3.91. The van der Waals surface area contributed by atoms with Crippen molar-refractivity contribution in [2.24, 2.45) is 10.2 Å². The molecule has 0 bridgehead atoms. The van der Waals surface area contributed by atoms with E-state index in [9.17, 15) is 11.1 Å². The van der Waals surface area contributed by atoms with Gasteiger partial charge in [-0.1, -0.05) is 34.5 Å². The molecule has 0 aromatic heterocycles. The van der Waals surface area contributed by atoms with Crippen molar-refractivity contribution in [2.75, 3.05) is 11.5 Å². The molecule has 0 amide bonds. The van der Waals surface area contributed by atoms with E-state index in [0.717, 1.165) is 11.1 Å². The highest BCUT2D eigenvalue weighted by molar-refractivity contribution is 5.41. The lowest BCUT2D eigenvalue weighted by Crippen LogP contribution is -2.42. The fourth-order valence-corrected chi connectivity index (χ4v) is 3.91. The average Bonchev–Trinajstić information content (AvgIpc) is 3.03. The monoisotopic (exact) mass is 422 g/mol. The molecule has 4 N–H and O–H groups in total. The van der Waals surface area contributed by atoms with Crippen LogP contribution >= 0.6 is 0 Å². The number of hydrogen-bond acceptors (Lipinski definition) is 6. The molecule has 1 aliphatic rings. The van der Waals surface area contributed by atoms with Crippen molar-refractivity contribution < 1.29 is 9.47 Å². The molecular weight excluding hydrogens is 396 g/mol. The lowest BCUT2D eigenvalue weighted by Gasteiger charge is -2.27. The van der Waals surface area contributed by atoms with Gasteiger partial charge in [-0.15, -0.1) is 0 Å². The molecule has 162 valence electrons. The van der Waals surface area contributed by atoms with Crippen molar-refractivity contribution in [3.05, 3.63) is 80.5 Å². The van der Waals surface area contributed by atoms with Crippen molar-refractivity contribution in [1.29, 1.82) is 0 Å². The standard InChI is InChI=1S/C21H26N8O2/c1-21(2)30-19(17(26-28-24)11-13-5-3-7-15(22)9-13)20(31-21)18(27-29-25)12-14-6-4-8-16(23)10-14/h3-10,17-20H,11-12,22-23H2,1-2H3/t17-,18-,19+,20+/m1/s1. The van der Waals surface area contributed by atoms with Gasteiger partial charge in [0.2, 0.25) is 0 Å². The number of hydrogen-bond donors (Lipinski definition) is 2. The minimum Gasteiger partial charge on any atom is -0.399 e. The van der Waals surface area contributed by atoms with Crippen LogP contribution in [0, 0.1) is 0 Å². The molecule has 10 heteroatoms. The van der Waals surface area contributed by atoms with Gasteiger partial charge < -0.3 is 20.9 Å². The van der Waals surface area contributed by atoms with Gasteiger partial charge in [-0.05, 0) is 73.1 Å². The summed E-state index contributed by atoms with van der Waals surface area (Å²) in [4.78, 5) is 6.04. The summed E-state index contributed by atoms with van der Waals surface area (Å²) in [6.45, 7) is 3.56. The topological polar surface area (TPSA) is 168 Å². The minimum atomic E-state index is -0.937. The highest BCUT2D eigenvalue weighted by Crippen LogP contribution is 2.36. The van der Waals surface area contributed by atoms with Crippen LogP contribution in [0.15, 0.2) is 58.8 Å². The second-order valence-electron chi connectivity index (χ2n) is 8.01. The highest BCUT2D eigenvalue weighted by atomic mass is 16.8. The number of nitrogens with zero attached hydrogens (tertiary/aromatic N) is 6. The van der Waals surface area contributed by atoms with Crippen LogP contribution < -0.4 is 11.5 Å². The second-order valence-corrected chi connectivity index (χ2v) is 8.01. The van der Waals surface area contributed by atoms with E-state index in [2.05, 4.69) is 20.1 Å². The van der Waals surface area contributed by atoms with Crippen molar-refractivity contribution in [3.8, 4) is 0 Å². The first-order valence-electron chi connectivity index (χ1n) is 9.94. The maximum absolute atomic E-state index is 9.20. The molecule has 2 aromatic carbocycles. The molecule has 2 aromatic rings. The zero-order valence-electron chi connectivity index (χ0n) is 17.5. The Morgan fingerprint density at radius 1 is 0.871 bits per heavy atom. The van der Waals surface area contributed by atoms with Gasteiger partial charge in [0.05, 0.1) is 24.3 Å². The van der Waals surface area contributed by atoms with E-state index in [-0.39, 0.29) is 0 Å². The van der Waals surface area contributed by atoms with Crippen LogP contribution in [0.5, 0.6) is 0 Å². The average molecular weight is 422 g/mol. The van der Waals surface area contributed by atoms with Crippen LogP contribution in [-0.4, -0.2) is 30.1 Å². The summed E-state index contributed by atoms with van der Waals surface area (Å²) in [7, 11) is 0. The third-order valence-corrected chi connectivity index (χ3v) is 5.11. The smallest absolute Gasteiger partial charge is 0.163 e. The van der Waals surface area contributed by atoms with E-state index < -0.39 is 30.1 Å². The van der Waals surface area contributed by atoms with Gasteiger partial charge in [-0.25, -0.2) is 0 Å². The zero-order chi connectivity index (χ0) is 22.4. The maximum Gasteiger partial charge on any atom is 0.163 e. The molecule has 4 atom stereocenters. The first kappa shape index (κ1) is 22.3. The van der Waals surface area contributed by atoms with E-state index in [4.69, 9.17) is 20.9 Å². The van der Waals surface area contributed by atoms with Crippen LogP contribution in [-0.2, 0) is 22.3 Å². The number of azide groups is 2. The van der Waals surface area contributed by atoms with Gasteiger partial charge in [0.25, 0.3) is 0 Å². The summed E-state index contributed by atoms with van der Waals surface area (Å²) in [5, 5.41) is 7.98. The molecule has 0 saturated carbocycles. The van der Waals surface area contributed by atoms with Crippen molar-refractivity contribution in [1.82, 2.24) is 0 Å². The summed E-state index contributed by atoms with van der Waals surface area (Å²) in [5.41, 5.74) is 33.2. The largest absolute Gasteiger partial charge is 0.399 e. The quantitative estimate of drug-likeness (QED) is 0.276. The predicted molar refractivity (Wildman–Crippen MR) is 119 cm³/mol. The lowest BCUT2D eigenvalue weighted by atomic mass is 9.92. The Morgan fingerprint density at radius 2 is 1.29 bits per heavy atom. The molecule has 0 spiro atoms. The number of rotatable bonds is 8. The molecule has 1 aliphatic heterocycles. The van der Waals surface area contributed by atoms with Gasteiger partial charge in [0.15, 0.2) is 5.79 Å². The van der Waals surface area contributed by atoms with E-state index in [1.807, 2.05) is 36.4 Å². The van der Waals surface area contributed by atoms with Gasteiger partial charge in [0, 0.05) is 21.2 Å². The first-order valence-corrected chi connectivity index (χ1v) is 9.94. The summed E-state index contributed by atoms with van der Waals surface area (Å²) < 4.78 is 12.3. The fraction of sp³-hybridized carbons (Fsp3) is 0.429. The van der Waals surface area contributed by atoms with Crippen LogP contribution in [0.1, 0.15) is 25.0 Å². The first-order chi connectivity index (χ1) is 14.8. The van der Waals surface area contributed by atoms with Crippen molar-refractivity contribution in [2.45, 2.75) is 56.8 Å². The molecular formula is C21H26N8O2. The number of nitrogen functional groups attached to an aromatic ring is 2. The molecule has 0 aliphatic carbocycles. The van der Waals surface area contributed by atoms with Crippen LogP contribution in [0.2, 0.25) is 0 Å². The summed E-state index contributed by atoms with van der Waals surface area (Å²) >= 11 is 0. The predicted octanol–water partition coefficient (Wildman–Crippen LogP) is 4.51. The third kappa shape index (κ3) is 5.81. The van der Waals surface area contributed by atoms with Crippen molar-refractivity contribution >= 4 is 11.4 Å². The number of anilines is 2. The Hall–Kier alpha value is -3.42. The normalized spacial score (nSPS) is 21.5. The molecule has 10 nitrogen and oxygen atoms in total. The molecule has 1 saturated heterocycles. The van der Waals surface area contributed by atoms with Crippen LogP contribution in [0.4, 0.5) is 11.4 Å². The van der Waals surface area contributed by atoms with Gasteiger partial charge in [-0.3, -0.25) is 0 Å². The maximum atomic E-state index is 9.20. The molecule has 0 unspecified atom stereocenters. The number of ether oxygens (including phenoxy) is 2. The molecule has 31 heavy (non-hydrogen) atoms. The Labute approximate surface area is 180 Å². The Bertz CT molecular complexity index is 934. The molecule has 3 rings (SSSR count). The minimum absolute atomic E-state index is 0.400. The molecule has 1 fully saturated rings. The Kier molecular flexibility index (Phi) is 6.89. The summed E-state index contributed by atoms with van der Waals surface area (Å²) in [6, 6.07) is 13.6. The number of benzene rings is 2. The SMILES string of the molecule is CC1(C)O[C@@H]([C@@H](Cc2cccc(N)c2)N=[N+]=[N-])[C@H]([C@@H](Cc2cccc(N)c2)N=[N+]=[N-])O1. The molecule has 1 heterocycles. The zero-order valence-corrected chi connectivity index (χ0v) is 17.5. The second kappa shape index (κ2) is 9.59. The van der Waals surface area contributed by atoms with E-state index in [0.29, 0.717) is 24.2 Å². The van der Waals surface area contributed by atoms with Crippen molar-refractivity contribution in [3.63, 3.8) is 0 Å². The third-order valence-electron chi connectivity index (χ3n) is 5.11. The molecule has 0 radical (unpaired) electrons. The van der Waals surface area contributed by atoms with E-state index in [1.54, 1.807) is 26.0 Å². The van der Waals surface area contributed by atoms with Crippen LogP contribution in [0.25, 0.3) is 20.9 Å². The van der Waals surface area contributed by atoms with E-state index >= 15 is 0 Å². The lowest BCUT2D eigenvalue weighted by molar-refractivity contribution is -0.149. The van der Waals surface area contributed by atoms with Crippen LogP contribution in [0.3, 0.4) is 0 Å². The van der Waals surface area contributed by atoms with Gasteiger partial charge in [-0.2, -0.15) is 0 Å². The van der Waals surface area contributed by atoms with Gasteiger partial charge >= 0.3 is 0 Å². The highest BCUT2D eigenvalue weighted by Gasteiger charge is 2.48. The number of nitrogens with two attached hydrogens (primary N) is 2. The summed E-state index contributed by atoms with van der Waals surface area (Å²) in [6.07, 6.45) is -0.443. The van der Waals surface area contributed by atoms with Gasteiger partial charge in [0.1, 0.15) is 0 Å². The van der Waals surface area contributed by atoms with E-state index in [1.165, 1.54) is 0 Å².